The molecule has 92 heavy (non-hydrogen) atoms. The maximum Gasteiger partial charge on any atom is 0.472 e. The Morgan fingerprint density at radius 3 is 0.739 bits per heavy atom. The zero-order valence-corrected chi connectivity index (χ0v) is 61.8. The van der Waals surface area contributed by atoms with Crippen LogP contribution < -0.4 is 0 Å². The number of phosphoric acid groups is 2. The average molecular weight is 1350 g/mol. The molecule has 0 saturated carbocycles. The summed E-state index contributed by atoms with van der Waals surface area (Å²) >= 11 is 0. The molecule has 3 N–H and O–H groups in total. The summed E-state index contributed by atoms with van der Waals surface area (Å²) in [4.78, 5) is 72.7. The molecule has 0 amide bonds. The van der Waals surface area contributed by atoms with Crippen LogP contribution in [0, 0.1) is 17.8 Å². The third-order valence-corrected chi connectivity index (χ3v) is 18.8. The molecule has 17 nitrogen and oxygen atoms in total. The Morgan fingerprint density at radius 2 is 0.500 bits per heavy atom. The molecule has 0 bridgehead atoms. The second-order valence-electron chi connectivity index (χ2n) is 27.8. The molecule has 0 heterocycles. The number of ether oxygens (including phenoxy) is 4. The number of hydrogen-bond acceptors (Lipinski definition) is 15. The standard InChI is InChI=1S/C73H142O17P2/c1-8-9-10-11-12-13-14-15-16-17-21-26-33-40-47-54-70(75)83-60-68(89-72(77)56-49-42-34-27-22-19-18-20-24-30-37-44-51-64(2)3)62-87-91(79,80)85-58-67(74)59-86-92(81,82)88-63-69(61-84-71(76)55-48-41-36-29-32-39-46-53-66(6)7)90-73(78)57-50-43-35-28-23-25-31-38-45-52-65(4)5/h64-69,74H,8-63H2,1-7H3,(H,79,80)(H,81,82)/t67-,68-,69-/m1/s1. The second-order valence-corrected chi connectivity index (χ2v) is 30.7. The minimum absolute atomic E-state index is 0.104. The van der Waals surface area contributed by atoms with Crippen LogP contribution in [0.2, 0.25) is 0 Å². The molecule has 5 atom stereocenters. The lowest BCUT2D eigenvalue weighted by molar-refractivity contribution is -0.161. The molecule has 546 valence electrons. The van der Waals surface area contributed by atoms with Gasteiger partial charge in [-0.3, -0.25) is 37.3 Å². The first-order chi connectivity index (χ1) is 44.2. The number of hydrogen-bond donors (Lipinski definition) is 3. The highest BCUT2D eigenvalue weighted by atomic mass is 31.2. The minimum Gasteiger partial charge on any atom is -0.462 e. The quantitative estimate of drug-likeness (QED) is 0.0222. The number of phosphoric ester groups is 2. The van der Waals surface area contributed by atoms with E-state index in [1.165, 1.54) is 173 Å². The Hall–Kier alpha value is -1.94. The van der Waals surface area contributed by atoms with Gasteiger partial charge >= 0.3 is 39.5 Å². The number of unbranched alkanes of at least 4 members (excludes halogenated alkanes) is 39. The third kappa shape index (κ3) is 66.7. The maximum atomic E-state index is 13.1. The van der Waals surface area contributed by atoms with E-state index in [0.29, 0.717) is 31.6 Å². The maximum absolute atomic E-state index is 13.1. The largest absolute Gasteiger partial charge is 0.472 e. The molecule has 0 aliphatic rings. The van der Waals surface area contributed by atoms with Gasteiger partial charge in [0.05, 0.1) is 26.4 Å². The molecule has 0 rings (SSSR count). The normalized spacial score (nSPS) is 14.1. The van der Waals surface area contributed by atoms with Crippen LogP contribution in [0.3, 0.4) is 0 Å². The molecule has 0 aromatic rings. The van der Waals surface area contributed by atoms with E-state index >= 15 is 0 Å². The smallest absolute Gasteiger partial charge is 0.462 e. The van der Waals surface area contributed by atoms with E-state index in [1.54, 1.807) is 0 Å². The van der Waals surface area contributed by atoms with Gasteiger partial charge in [-0.05, 0) is 43.4 Å². The molecular formula is C73H142O17P2. The zero-order chi connectivity index (χ0) is 68.0. The molecule has 0 aromatic heterocycles. The van der Waals surface area contributed by atoms with E-state index in [4.69, 9.17) is 37.0 Å². The average Bonchev–Trinajstić information content (AvgIpc) is 2.85. The minimum atomic E-state index is -4.95. The van der Waals surface area contributed by atoms with Crippen molar-refractivity contribution in [2.24, 2.45) is 17.8 Å². The summed E-state index contributed by atoms with van der Waals surface area (Å²) in [5, 5.41) is 10.6. The third-order valence-electron chi connectivity index (χ3n) is 16.9. The topological polar surface area (TPSA) is 237 Å². The Kier molecular flexibility index (Phi) is 62.4. The molecular weight excluding hydrogens is 1210 g/mol. The van der Waals surface area contributed by atoms with E-state index in [2.05, 4.69) is 48.5 Å². The molecule has 0 aliphatic carbocycles. The summed E-state index contributed by atoms with van der Waals surface area (Å²) in [6.45, 7) is 11.8. The summed E-state index contributed by atoms with van der Waals surface area (Å²) in [6.07, 6.45) is 48.6. The summed E-state index contributed by atoms with van der Waals surface area (Å²) in [5.74, 6) is 0.0957. The van der Waals surface area contributed by atoms with Gasteiger partial charge in [0, 0.05) is 25.7 Å². The molecule has 2 unspecified atom stereocenters. The first-order valence-corrected chi connectivity index (χ1v) is 40.8. The Labute approximate surface area is 562 Å². The molecule has 0 aliphatic heterocycles. The van der Waals surface area contributed by atoms with Crippen molar-refractivity contribution in [3.05, 3.63) is 0 Å². The van der Waals surface area contributed by atoms with E-state index < -0.39 is 97.5 Å². The highest BCUT2D eigenvalue weighted by Gasteiger charge is 2.30. The Balaban J connectivity index is 5.25. The fourth-order valence-corrected chi connectivity index (χ4v) is 12.7. The van der Waals surface area contributed by atoms with Crippen molar-refractivity contribution < 1.29 is 80.2 Å². The highest BCUT2D eigenvalue weighted by molar-refractivity contribution is 7.47. The molecule has 0 spiro atoms. The second kappa shape index (κ2) is 63.8. The van der Waals surface area contributed by atoms with Crippen LogP contribution in [0.5, 0.6) is 0 Å². The lowest BCUT2D eigenvalue weighted by atomic mass is 10.0. The number of carbonyl (C=O) groups excluding carboxylic acids is 4. The van der Waals surface area contributed by atoms with Crippen LogP contribution in [0.1, 0.15) is 370 Å². The Morgan fingerprint density at radius 1 is 0.293 bits per heavy atom. The van der Waals surface area contributed by atoms with E-state index in [-0.39, 0.29) is 25.7 Å². The Bertz CT molecular complexity index is 1800. The molecule has 0 fully saturated rings. The molecule has 19 heteroatoms. The number of aliphatic hydroxyl groups is 1. The summed E-state index contributed by atoms with van der Waals surface area (Å²) in [6, 6.07) is 0. The lowest BCUT2D eigenvalue weighted by Gasteiger charge is -2.21. The van der Waals surface area contributed by atoms with Crippen molar-refractivity contribution in [3.63, 3.8) is 0 Å². The molecule has 0 saturated heterocycles. The van der Waals surface area contributed by atoms with Gasteiger partial charge in [-0.1, -0.05) is 318 Å². The van der Waals surface area contributed by atoms with Crippen LogP contribution in [-0.2, 0) is 65.4 Å². The fraction of sp³-hybridized carbons (Fsp3) is 0.945. The lowest BCUT2D eigenvalue weighted by Crippen LogP contribution is -2.30. The molecule has 0 radical (unpaired) electrons. The van der Waals surface area contributed by atoms with Gasteiger partial charge in [0.1, 0.15) is 19.3 Å². The van der Waals surface area contributed by atoms with Crippen LogP contribution in [0.4, 0.5) is 0 Å². The predicted octanol–water partition coefficient (Wildman–Crippen LogP) is 21.0. The van der Waals surface area contributed by atoms with Crippen molar-refractivity contribution in [2.45, 2.75) is 388 Å². The van der Waals surface area contributed by atoms with Crippen molar-refractivity contribution in [1.82, 2.24) is 0 Å². The van der Waals surface area contributed by atoms with Crippen molar-refractivity contribution in [2.75, 3.05) is 39.6 Å². The van der Waals surface area contributed by atoms with Gasteiger partial charge in [0.2, 0.25) is 0 Å². The summed E-state index contributed by atoms with van der Waals surface area (Å²) < 4.78 is 68.4. The van der Waals surface area contributed by atoms with Crippen LogP contribution >= 0.6 is 15.6 Å². The highest BCUT2D eigenvalue weighted by Crippen LogP contribution is 2.45. The molecule has 0 aromatic carbocycles. The van der Waals surface area contributed by atoms with Crippen LogP contribution in [-0.4, -0.2) is 96.7 Å². The summed E-state index contributed by atoms with van der Waals surface area (Å²) in [7, 11) is -9.91. The van der Waals surface area contributed by atoms with Gasteiger partial charge in [-0.15, -0.1) is 0 Å². The van der Waals surface area contributed by atoms with Gasteiger partial charge in [-0.2, -0.15) is 0 Å². The van der Waals surface area contributed by atoms with Gasteiger partial charge in [-0.25, -0.2) is 9.13 Å². The van der Waals surface area contributed by atoms with Crippen LogP contribution in [0.25, 0.3) is 0 Å². The van der Waals surface area contributed by atoms with Gasteiger partial charge in [0.15, 0.2) is 12.2 Å². The SMILES string of the molecule is CCCCCCCCCCCCCCCCCC(=O)OC[C@H](COP(=O)(O)OC[C@@H](O)COP(=O)(O)OC[C@@H](COC(=O)CCCCCCCCCC(C)C)OC(=O)CCCCCCCCCCCC(C)C)OC(=O)CCCCCCCCCCCCCCC(C)C. The van der Waals surface area contributed by atoms with E-state index in [1.807, 2.05) is 0 Å². The van der Waals surface area contributed by atoms with Gasteiger partial charge in [0.25, 0.3) is 0 Å². The number of rotatable bonds is 71. The van der Waals surface area contributed by atoms with Crippen molar-refractivity contribution in [1.29, 1.82) is 0 Å². The number of esters is 4. The number of aliphatic hydroxyl groups excluding tert-OH is 1. The van der Waals surface area contributed by atoms with E-state index in [0.717, 1.165) is 108 Å². The summed E-state index contributed by atoms with van der Waals surface area (Å²) in [5.41, 5.74) is 0. The van der Waals surface area contributed by atoms with E-state index in [9.17, 15) is 43.2 Å². The first-order valence-electron chi connectivity index (χ1n) is 37.8. The first kappa shape index (κ1) is 90.1. The zero-order valence-electron chi connectivity index (χ0n) is 60.0. The van der Waals surface area contributed by atoms with Crippen molar-refractivity contribution >= 4 is 39.5 Å². The fourth-order valence-electron chi connectivity index (χ4n) is 11.1. The monoisotopic (exact) mass is 1350 g/mol. The number of carbonyl (C=O) groups is 4. The van der Waals surface area contributed by atoms with Gasteiger partial charge < -0.3 is 33.8 Å². The van der Waals surface area contributed by atoms with Crippen molar-refractivity contribution in [3.8, 4) is 0 Å². The van der Waals surface area contributed by atoms with Crippen LogP contribution in [0.15, 0.2) is 0 Å². The predicted molar refractivity (Wildman–Crippen MR) is 372 cm³/mol.